The average molecular weight is 232 g/mol. The van der Waals surface area contributed by atoms with E-state index in [2.05, 4.69) is 10.6 Å². The van der Waals surface area contributed by atoms with Crippen molar-refractivity contribution in [3.05, 3.63) is 35.9 Å². The van der Waals surface area contributed by atoms with Gasteiger partial charge < -0.3 is 10.6 Å². The molecule has 0 aliphatic carbocycles. The Hall–Kier alpha value is -1.35. The van der Waals surface area contributed by atoms with Gasteiger partial charge in [-0.15, -0.1) is 0 Å². The van der Waals surface area contributed by atoms with Gasteiger partial charge in [0.1, 0.15) is 0 Å². The van der Waals surface area contributed by atoms with Gasteiger partial charge in [-0.25, -0.2) is 0 Å². The van der Waals surface area contributed by atoms with Crippen LogP contribution in [0.5, 0.6) is 0 Å². The number of benzene rings is 1. The van der Waals surface area contributed by atoms with E-state index in [0.717, 1.165) is 24.9 Å². The molecular formula is C14H20N2O. The molecule has 1 amide bonds. The van der Waals surface area contributed by atoms with Crippen molar-refractivity contribution in [1.82, 2.24) is 10.6 Å². The molecule has 3 heteroatoms. The fourth-order valence-corrected chi connectivity index (χ4v) is 2.21. The maximum atomic E-state index is 12.0. The monoisotopic (exact) mass is 232 g/mol. The number of amides is 1. The van der Waals surface area contributed by atoms with Crippen LogP contribution in [0.25, 0.3) is 0 Å². The van der Waals surface area contributed by atoms with Crippen LogP contribution in [-0.4, -0.2) is 18.5 Å². The van der Waals surface area contributed by atoms with E-state index in [4.69, 9.17) is 0 Å². The summed E-state index contributed by atoms with van der Waals surface area (Å²) in [6, 6.07) is 10.1. The summed E-state index contributed by atoms with van der Waals surface area (Å²) in [6.07, 6.45) is 3.27. The maximum Gasteiger partial charge on any atom is 0.237 e. The lowest BCUT2D eigenvalue weighted by Crippen LogP contribution is -2.47. The normalized spacial score (nSPS) is 21.8. The van der Waals surface area contributed by atoms with Crippen LogP contribution in [0.15, 0.2) is 30.3 Å². The highest BCUT2D eigenvalue weighted by atomic mass is 16.2. The zero-order valence-corrected chi connectivity index (χ0v) is 10.3. The zero-order chi connectivity index (χ0) is 12.1. The Labute approximate surface area is 103 Å². The first-order valence-electron chi connectivity index (χ1n) is 6.36. The summed E-state index contributed by atoms with van der Waals surface area (Å²) in [5, 5.41) is 6.33. The summed E-state index contributed by atoms with van der Waals surface area (Å²) in [5.41, 5.74) is 1.15. The Bertz CT molecular complexity index is 358. The molecule has 0 bridgehead atoms. The van der Waals surface area contributed by atoms with E-state index in [1.807, 2.05) is 37.3 Å². The molecule has 2 rings (SSSR count). The molecule has 3 nitrogen and oxygen atoms in total. The van der Waals surface area contributed by atoms with E-state index >= 15 is 0 Å². The molecule has 1 aromatic carbocycles. The average Bonchev–Trinajstić information content (AvgIpc) is 2.40. The van der Waals surface area contributed by atoms with Crippen LogP contribution in [0.1, 0.15) is 37.8 Å². The number of carbonyl (C=O) groups is 1. The summed E-state index contributed by atoms with van der Waals surface area (Å²) < 4.78 is 0. The van der Waals surface area contributed by atoms with Gasteiger partial charge in [0, 0.05) is 0 Å². The summed E-state index contributed by atoms with van der Waals surface area (Å²) in [5.74, 6) is 0.126. The summed E-state index contributed by atoms with van der Waals surface area (Å²) in [6.45, 7) is 2.98. The number of carbonyl (C=O) groups excluding carboxylic acids is 1. The first-order valence-corrected chi connectivity index (χ1v) is 6.36. The number of rotatable bonds is 3. The lowest BCUT2D eigenvalue weighted by Gasteiger charge is -2.24. The Morgan fingerprint density at radius 3 is 2.76 bits per heavy atom. The van der Waals surface area contributed by atoms with E-state index in [0.29, 0.717) is 0 Å². The zero-order valence-electron chi connectivity index (χ0n) is 10.3. The van der Waals surface area contributed by atoms with Gasteiger partial charge in [0.05, 0.1) is 12.1 Å². The molecule has 1 heterocycles. The first kappa shape index (κ1) is 12.1. The summed E-state index contributed by atoms with van der Waals surface area (Å²) in [4.78, 5) is 12.0. The molecule has 1 fully saturated rings. The third kappa shape index (κ3) is 3.30. The predicted molar refractivity (Wildman–Crippen MR) is 68.6 cm³/mol. The fourth-order valence-electron chi connectivity index (χ4n) is 2.21. The number of nitrogens with one attached hydrogen (secondary N) is 2. The van der Waals surface area contributed by atoms with E-state index < -0.39 is 0 Å². The minimum atomic E-state index is -0.00471. The molecule has 92 valence electrons. The molecule has 17 heavy (non-hydrogen) atoms. The molecular weight excluding hydrogens is 212 g/mol. The van der Waals surface area contributed by atoms with Crippen LogP contribution in [0.3, 0.4) is 0 Å². The largest absolute Gasteiger partial charge is 0.348 e. The van der Waals surface area contributed by atoms with Crippen molar-refractivity contribution in [3.63, 3.8) is 0 Å². The van der Waals surface area contributed by atoms with Gasteiger partial charge in [0.15, 0.2) is 0 Å². The molecule has 2 atom stereocenters. The Morgan fingerprint density at radius 1 is 1.35 bits per heavy atom. The van der Waals surface area contributed by atoms with E-state index in [1.165, 1.54) is 6.42 Å². The van der Waals surface area contributed by atoms with Gasteiger partial charge in [-0.2, -0.15) is 0 Å². The lowest BCUT2D eigenvalue weighted by atomic mass is 10.0. The topological polar surface area (TPSA) is 41.1 Å². The van der Waals surface area contributed by atoms with Gasteiger partial charge in [-0.1, -0.05) is 36.8 Å². The van der Waals surface area contributed by atoms with Crippen molar-refractivity contribution in [2.45, 2.75) is 38.3 Å². The number of piperidine rings is 1. The Morgan fingerprint density at radius 2 is 2.12 bits per heavy atom. The molecule has 0 radical (unpaired) electrons. The van der Waals surface area contributed by atoms with Crippen LogP contribution in [-0.2, 0) is 4.79 Å². The maximum absolute atomic E-state index is 12.0. The van der Waals surface area contributed by atoms with E-state index in [-0.39, 0.29) is 18.0 Å². The minimum absolute atomic E-state index is 0.00471. The standard InChI is InChI=1S/C14H20N2O/c1-11(12-7-3-2-4-8-12)16-14(17)13-9-5-6-10-15-13/h2-4,7-8,11,13,15H,5-6,9-10H2,1H3,(H,16,17)/t11?,13-/m1/s1. The first-order chi connectivity index (χ1) is 8.27. The summed E-state index contributed by atoms with van der Waals surface area (Å²) >= 11 is 0. The van der Waals surface area contributed by atoms with Crippen LogP contribution in [0.4, 0.5) is 0 Å². The van der Waals surface area contributed by atoms with E-state index in [9.17, 15) is 4.79 Å². The quantitative estimate of drug-likeness (QED) is 0.837. The Balaban J connectivity index is 1.89. The second-order valence-electron chi connectivity index (χ2n) is 4.64. The number of hydrogen-bond donors (Lipinski definition) is 2. The molecule has 2 N–H and O–H groups in total. The van der Waals surface area contributed by atoms with Crippen LogP contribution in [0.2, 0.25) is 0 Å². The van der Waals surface area contributed by atoms with Crippen molar-refractivity contribution in [2.75, 3.05) is 6.54 Å². The SMILES string of the molecule is CC(NC(=O)[C@H]1CCCCN1)c1ccccc1. The van der Waals surface area contributed by atoms with Gasteiger partial charge in [-0.3, -0.25) is 4.79 Å². The summed E-state index contributed by atoms with van der Waals surface area (Å²) in [7, 11) is 0. The molecule has 1 aliphatic heterocycles. The highest BCUT2D eigenvalue weighted by molar-refractivity contribution is 5.82. The van der Waals surface area contributed by atoms with Gasteiger partial charge >= 0.3 is 0 Å². The minimum Gasteiger partial charge on any atom is -0.348 e. The van der Waals surface area contributed by atoms with Crippen molar-refractivity contribution in [3.8, 4) is 0 Å². The molecule has 1 aliphatic rings. The fraction of sp³-hybridized carbons (Fsp3) is 0.500. The number of hydrogen-bond acceptors (Lipinski definition) is 2. The van der Waals surface area contributed by atoms with Gasteiger partial charge in [0.25, 0.3) is 0 Å². The predicted octanol–water partition coefficient (Wildman–Crippen LogP) is 2.01. The van der Waals surface area contributed by atoms with Gasteiger partial charge in [-0.05, 0) is 31.9 Å². The molecule has 0 aromatic heterocycles. The van der Waals surface area contributed by atoms with Crippen LogP contribution >= 0.6 is 0 Å². The molecule has 0 saturated carbocycles. The molecule has 0 spiro atoms. The second kappa shape index (κ2) is 5.82. The van der Waals surface area contributed by atoms with Crippen LogP contribution in [0, 0.1) is 0 Å². The third-order valence-corrected chi connectivity index (χ3v) is 3.29. The van der Waals surface area contributed by atoms with Crippen molar-refractivity contribution in [1.29, 1.82) is 0 Å². The lowest BCUT2D eigenvalue weighted by molar-refractivity contribution is -0.124. The van der Waals surface area contributed by atoms with E-state index in [1.54, 1.807) is 0 Å². The van der Waals surface area contributed by atoms with Crippen molar-refractivity contribution >= 4 is 5.91 Å². The smallest absolute Gasteiger partial charge is 0.237 e. The third-order valence-electron chi connectivity index (χ3n) is 3.29. The highest BCUT2D eigenvalue weighted by Gasteiger charge is 2.21. The Kier molecular flexibility index (Phi) is 4.15. The van der Waals surface area contributed by atoms with Crippen LogP contribution < -0.4 is 10.6 Å². The van der Waals surface area contributed by atoms with Gasteiger partial charge in [0.2, 0.25) is 5.91 Å². The van der Waals surface area contributed by atoms with Crippen molar-refractivity contribution < 1.29 is 4.79 Å². The second-order valence-corrected chi connectivity index (χ2v) is 4.64. The molecule has 1 unspecified atom stereocenters. The highest BCUT2D eigenvalue weighted by Crippen LogP contribution is 2.13. The van der Waals surface area contributed by atoms with Crippen molar-refractivity contribution in [2.24, 2.45) is 0 Å². The molecule has 1 aromatic rings. The molecule has 1 saturated heterocycles.